The van der Waals surface area contributed by atoms with Crippen molar-refractivity contribution in [3.8, 4) is 5.75 Å². The molecular formula is C24H24ClN4O5+. The number of nitrogens with one attached hydrogen (secondary N) is 1. The summed E-state index contributed by atoms with van der Waals surface area (Å²) in [6, 6.07) is 9.85. The van der Waals surface area contributed by atoms with Crippen LogP contribution in [0.1, 0.15) is 23.1 Å². The maximum absolute atomic E-state index is 13.8. The number of quaternary nitrogens is 1. The van der Waals surface area contributed by atoms with Crippen LogP contribution in [0.5, 0.6) is 5.75 Å². The fraction of sp³-hybridized carbons (Fsp3) is 0.333. The molecule has 0 bridgehead atoms. The number of rotatable bonds is 5. The number of nitrogens with two attached hydrogens (primary N) is 2. The number of ether oxygens (including phenoxy) is 1. The number of benzene rings is 2. The molecule has 4 amide bonds. The summed E-state index contributed by atoms with van der Waals surface area (Å²) in [4.78, 5) is 54.0. The third-order valence-electron chi connectivity index (χ3n) is 7.29. The molecule has 5 rings (SSSR count). The molecule has 176 valence electrons. The smallest absolute Gasteiger partial charge is 0.291 e. The zero-order valence-corrected chi connectivity index (χ0v) is 19.4. The molecule has 34 heavy (non-hydrogen) atoms. The maximum atomic E-state index is 13.8. The highest BCUT2D eigenvalue weighted by atomic mass is 35.5. The van der Waals surface area contributed by atoms with E-state index >= 15 is 0 Å². The molecule has 3 aliphatic heterocycles. The number of amides is 4. The van der Waals surface area contributed by atoms with Crippen molar-refractivity contribution in [3.05, 3.63) is 58.1 Å². The van der Waals surface area contributed by atoms with Gasteiger partial charge >= 0.3 is 0 Å². The second-order valence-electron chi connectivity index (χ2n) is 9.00. The van der Waals surface area contributed by atoms with E-state index in [9.17, 15) is 19.2 Å². The predicted octanol–water partition coefficient (Wildman–Crippen LogP) is 0.427. The average Bonchev–Trinajstić information content (AvgIpc) is 3.37. The predicted molar refractivity (Wildman–Crippen MR) is 122 cm³/mol. The van der Waals surface area contributed by atoms with E-state index in [1.807, 2.05) is 0 Å². The maximum Gasteiger partial charge on any atom is 0.291 e. The number of anilines is 1. The van der Waals surface area contributed by atoms with Crippen LogP contribution in [0.2, 0.25) is 5.02 Å². The van der Waals surface area contributed by atoms with Gasteiger partial charge in [-0.3, -0.25) is 24.1 Å². The highest BCUT2D eigenvalue weighted by Crippen LogP contribution is 2.51. The number of halogens is 1. The molecule has 0 aliphatic carbocycles. The van der Waals surface area contributed by atoms with Crippen LogP contribution in [0.3, 0.4) is 0 Å². The topological polar surface area (TPSA) is 135 Å². The minimum absolute atomic E-state index is 0.00216. The number of methoxy groups -OCH3 is 1. The van der Waals surface area contributed by atoms with Crippen molar-refractivity contribution in [1.82, 2.24) is 4.90 Å². The van der Waals surface area contributed by atoms with E-state index in [0.717, 1.165) is 0 Å². The van der Waals surface area contributed by atoms with Gasteiger partial charge < -0.3 is 21.1 Å². The van der Waals surface area contributed by atoms with Crippen LogP contribution in [0.15, 0.2) is 36.4 Å². The molecular weight excluding hydrogens is 460 g/mol. The van der Waals surface area contributed by atoms with Crippen molar-refractivity contribution < 1.29 is 29.2 Å². The Balaban J connectivity index is 1.62. The summed E-state index contributed by atoms with van der Waals surface area (Å²) in [7, 11) is 1.52. The van der Waals surface area contributed by atoms with Crippen LogP contribution in [0.4, 0.5) is 5.69 Å². The van der Waals surface area contributed by atoms with E-state index in [-0.39, 0.29) is 13.0 Å². The summed E-state index contributed by atoms with van der Waals surface area (Å²) >= 11 is 6.27. The number of imide groups is 1. The third-order valence-corrected chi connectivity index (χ3v) is 7.70. The number of carbonyl (C=O) groups is 4. The van der Waals surface area contributed by atoms with Gasteiger partial charge in [-0.1, -0.05) is 29.8 Å². The number of nitrogens with zero attached hydrogens (tertiary/aromatic N) is 1. The normalized spacial score (nSPS) is 27.2. The van der Waals surface area contributed by atoms with Crippen molar-refractivity contribution >= 4 is 40.9 Å². The highest BCUT2D eigenvalue weighted by Gasteiger charge is 2.74. The first-order chi connectivity index (χ1) is 16.2. The molecule has 4 atom stereocenters. The zero-order valence-electron chi connectivity index (χ0n) is 18.6. The fourth-order valence-electron chi connectivity index (χ4n) is 5.79. The summed E-state index contributed by atoms with van der Waals surface area (Å²) < 4.78 is 5.38. The van der Waals surface area contributed by atoms with Gasteiger partial charge in [-0.2, -0.15) is 0 Å². The molecule has 0 aromatic heterocycles. The number of carbonyl (C=O) groups excluding carboxylic acids is 4. The van der Waals surface area contributed by atoms with Crippen LogP contribution in [-0.2, 0) is 31.3 Å². The zero-order chi connectivity index (χ0) is 24.4. The van der Waals surface area contributed by atoms with Crippen molar-refractivity contribution in [1.29, 1.82) is 0 Å². The van der Waals surface area contributed by atoms with Crippen molar-refractivity contribution in [3.63, 3.8) is 0 Å². The van der Waals surface area contributed by atoms with Gasteiger partial charge in [0.15, 0.2) is 0 Å². The molecule has 0 saturated carbocycles. The Morgan fingerprint density at radius 3 is 2.65 bits per heavy atom. The molecule has 10 heteroatoms. The van der Waals surface area contributed by atoms with Crippen LogP contribution in [0, 0.1) is 18.8 Å². The van der Waals surface area contributed by atoms with Crippen LogP contribution in [0.25, 0.3) is 0 Å². The number of para-hydroxylation sites is 1. The van der Waals surface area contributed by atoms with Crippen LogP contribution in [-0.4, -0.2) is 41.7 Å². The van der Waals surface area contributed by atoms with E-state index in [2.05, 4.69) is 5.32 Å². The molecule has 9 nitrogen and oxygen atoms in total. The fourth-order valence-corrected chi connectivity index (χ4v) is 5.95. The Kier molecular flexibility index (Phi) is 5.14. The van der Waals surface area contributed by atoms with Crippen molar-refractivity contribution in [2.75, 3.05) is 12.4 Å². The summed E-state index contributed by atoms with van der Waals surface area (Å²) in [5.74, 6) is -3.21. The molecule has 2 aromatic carbocycles. The minimum atomic E-state index is -1.39. The van der Waals surface area contributed by atoms with E-state index in [1.54, 1.807) is 48.6 Å². The van der Waals surface area contributed by atoms with E-state index < -0.39 is 47.0 Å². The van der Waals surface area contributed by atoms with Crippen LogP contribution < -0.4 is 21.1 Å². The summed E-state index contributed by atoms with van der Waals surface area (Å²) in [6.07, 6.45) is -0.139. The Morgan fingerprint density at radius 1 is 1.21 bits per heavy atom. The average molecular weight is 484 g/mol. The van der Waals surface area contributed by atoms with Crippen molar-refractivity contribution in [2.24, 2.45) is 17.6 Å². The lowest BCUT2D eigenvalue weighted by atomic mass is 9.76. The molecule has 2 aromatic rings. The second-order valence-corrected chi connectivity index (χ2v) is 9.40. The largest absolute Gasteiger partial charge is 0.496 e. The van der Waals surface area contributed by atoms with Crippen LogP contribution >= 0.6 is 11.6 Å². The Bertz CT molecular complexity index is 1260. The van der Waals surface area contributed by atoms with Gasteiger partial charge in [0.1, 0.15) is 23.6 Å². The lowest BCUT2D eigenvalue weighted by molar-refractivity contribution is -0.732. The number of likely N-dealkylation sites (tertiary alicyclic amines) is 1. The first kappa shape index (κ1) is 22.4. The second kappa shape index (κ2) is 7.82. The standard InChI is InChI=1S/C24H23ClN4O5/c1-11-14(25)8-7-13-20(11)27-23(33)24(13)19-18(15(28-24)9-17(26)30)21(31)29(22(19)32)10-12-5-3-4-6-16(12)34-2/h3-8,15,18-19,28H,9-10H2,1-2H3,(H2,26,30)(H,27,33)/p+1/t15-,18+,19-,24+/m0/s1. The number of fused-ring (bicyclic) bond motifs is 4. The first-order valence-electron chi connectivity index (χ1n) is 10.9. The Hall–Kier alpha value is -3.43. The van der Waals surface area contributed by atoms with Gasteiger partial charge in [0.25, 0.3) is 5.91 Å². The summed E-state index contributed by atoms with van der Waals surface area (Å²) in [5, 5.41) is 5.03. The van der Waals surface area contributed by atoms with Gasteiger partial charge in [-0.15, -0.1) is 0 Å². The lowest BCUT2D eigenvalue weighted by Crippen LogP contribution is -2.99. The molecule has 0 unspecified atom stereocenters. The molecule has 0 radical (unpaired) electrons. The summed E-state index contributed by atoms with van der Waals surface area (Å²) in [5.41, 5.74) is 6.56. The summed E-state index contributed by atoms with van der Waals surface area (Å²) in [6.45, 7) is 1.78. The van der Waals surface area contributed by atoms with E-state index in [4.69, 9.17) is 22.1 Å². The first-order valence-corrected chi connectivity index (χ1v) is 11.3. The molecule has 3 aliphatic rings. The quantitative estimate of drug-likeness (QED) is 0.530. The van der Waals surface area contributed by atoms with E-state index in [0.29, 0.717) is 33.1 Å². The minimum Gasteiger partial charge on any atom is -0.496 e. The molecule has 3 heterocycles. The monoisotopic (exact) mass is 483 g/mol. The van der Waals surface area contributed by atoms with Gasteiger partial charge in [0.2, 0.25) is 23.3 Å². The van der Waals surface area contributed by atoms with Crippen molar-refractivity contribution in [2.45, 2.75) is 31.5 Å². The Labute approximate surface area is 200 Å². The molecule has 2 fully saturated rings. The molecule has 1 spiro atoms. The van der Waals surface area contributed by atoms with Gasteiger partial charge in [0.05, 0.1) is 25.8 Å². The molecule has 2 saturated heterocycles. The van der Waals surface area contributed by atoms with Gasteiger partial charge in [-0.05, 0) is 30.7 Å². The number of hydrogen-bond acceptors (Lipinski definition) is 5. The Morgan fingerprint density at radius 2 is 1.94 bits per heavy atom. The van der Waals surface area contributed by atoms with Gasteiger partial charge in [0, 0.05) is 16.1 Å². The van der Waals surface area contributed by atoms with E-state index in [1.165, 1.54) is 12.0 Å². The van der Waals surface area contributed by atoms with Gasteiger partial charge in [-0.25, -0.2) is 0 Å². The SMILES string of the molecule is COc1ccccc1CN1C(=O)[C@@H]2[C@H](CC(N)=O)[NH2+][C@@]3(C(=O)Nc4c3ccc(Cl)c4C)[C@@H]2C1=O. The lowest BCUT2D eigenvalue weighted by Gasteiger charge is -2.26. The number of primary amides is 1. The highest BCUT2D eigenvalue weighted by molar-refractivity contribution is 6.32. The number of hydrogen-bond donors (Lipinski definition) is 3. The molecule has 5 N–H and O–H groups in total. The third kappa shape index (κ3) is 2.97.